The van der Waals surface area contributed by atoms with Gasteiger partial charge < -0.3 is 15.0 Å². The van der Waals surface area contributed by atoms with E-state index >= 15 is 0 Å². The monoisotopic (exact) mass is 302 g/mol. The molecule has 120 valence electrons. The van der Waals surface area contributed by atoms with Gasteiger partial charge >= 0.3 is 0 Å². The second kappa shape index (κ2) is 6.99. The summed E-state index contributed by atoms with van der Waals surface area (Å²) in [6, 6.07) is 1.05. The number of nitrogens with zero attached hydrogens (tertiary/aromatic N) is 1. The molecule has 0 radical (unpaired) electrons. The number of hydrogen-bond donors (Lipinski definition) is 1. The molecule has 1 N–H and O–H groups in total. The van der Waals surface area contributed by atoms with E-state index in [1.165, 1.54) is 12.2 Å². The molecule has 1 saturated heterocycles. The topological polar surface area (TPSA) is 24.5 Å². The Balaban J connectivity index is 2.82. The number of rotatable bonds is 7. The van der Waals surface area contributed by atoms with Crippen LogP contribution >= 0.6 is 11.8 Å². The van der Waals surface area contributed by atoms with E-state index in [1.54, 1.807) is 0 Å². The molecule has 0 amide bonds. The van der Waals surface area contributed by atoms with Gasteiger partial charge in [-0.1, -0.05) is 6.92 Å². The average Bonchev–Trinajstić information content (AvgIpc) is 2.50. The van der Waals surface area contributed by atoms with Crippen LogP contribution < -0.4 is 5.32 Å². The zero-order chi connectivity index (χ0) is 15.6. The van der Waals surface area contributed by atoms with Crippen molar-refractivity contribution < 1.29 is 4.74 Å². The molecule has 1 rings (SSSR count). The van der Waals surface area contributed by atoms with Crippen molar-refractivity contribution in [3.05, 3.63) is 0 Å². The maximum atomic E-state index is 6.33. The molecule has 0 aromatic heterocycles. The summed E-state index contributed by atoms with van der Waals surface area (Å²) in [4.78, 5) is 2.53. The summed E-state index contributed by atoms with van der Waals surface area (Å²) in [5.41, 5.74) is -0.186. The quantitative estimate of drug-likeness (QED) is 0.781. The normalized spacial score (nSPS) is 29.9. The van der Waals surface area contributed by atoms with Gasteiger partial charge in [-0.05, 0) is 54.5 Å². The average molecular weight is 303 g/mol. The highest BCUT2D eigenvalue weighted by Gasteiger charge is 2.53. The lowest BCUT2D eigenvalue weighted by molar-refractivity contribution is -0.0795. The summed E-state index contributed by atoms with van der Waals surface area (Å²) < 4.78 is 6.33. The van der Waals surface area contributed by atoms with Crippen LogP contribution in [0.5, 0.6) is 0 Å². The minimum Gasteiger partial charge on any atom is -0.368 e. The zero-order valence-electron chi connectivity index (χ0n) is 14.6. The lowest BCUT2D eigenvalue weighted by Crippen LogP contribution is -2.50. The predicted molar refractivity (Wildman–Crippen MR) is 90.7 cm³/mol. The molecule has 1 fully saturated rings. The van der Waals surface area contributed by atoms with Crippen molar-refractivity contribution in [2.24, 2.45) is 5.92 Å². The number of likely N-dealkylation sites (N-methyl/N-ethyl adjacent to an activating group) is 1. The number of hydrogen-bond acceptors (Lipinski definition) is 4. The van der Waals surface area contributed by atoms with Gasteiger partial charge in [0.2, 0.25) is 0 Å². The Bertz CT molecular complexity index is 307. The maximum absolute atomic E-state index is 6.33. The third-order valence-corrected chi connectivity index (χ3v) is 5.54. The van der Waals surface area contributed by atoms with E-state index in [2.05, 4.69) is 65.2 Å². The fourth-order valence-corrected chi connectivity index (χ4v) is 4.66. The molecule has 0 aromatic carbocycles. The molecule has 0 saturated carbocycles. The molecule has 20 heavy (non-hydrogen) atoms. The van der Waals surface area contributed by atoms with E-state index in [1.807, 2.05) is 11.8 Å². The second-order valence-electron chi connectivity index (χ2n) is 7.14. The summed E-state index contributed by atoms with van der Waals surface area (Å²) >= 11 is 1.94. The SMILES string of the molecule is CCC(CSC)N(C)CC1C(NC)C(C)(C)OC1(C)C. The molecule has 1 heterocycles. The van der Waals surface area contributed by atoms with Crippen LogP contribution in [0.1, 0.15) is 41.0 Å². The van der Waals surface area contributed by atoms with E-state index in [9.17, 15) is 0 Å². The molecule has 3 unspecified atom stereocenters. The smallest absolute Gasteiger partial charge is 0.0790 e. The lowest BCUT2D eigenvalue weighted by Gasteiger charge is -2.36. The highest BCUT2D eigenvalue weighted by Crippen LogP contribution is 2.42. The van der Waals surface area contributed by atoms with Crippen molar-refractivity contribution in [3.8, 4) is 0 Å². The molecule has 1 aliphatic heterocycles. The number of thioether (sulfide) groups is 1. The van der Waals surface area contributed by atoms with E-state index in [0.717, 1.165) is 6.54 Å². The van der Waals surface area contributed by atoms with Crippen LogP contribution in [0, 0.1) is 5.92 Å². The molecule has 4 heteroatoms. The predicted octanol–water partition coefficient (Wildman–Crippen LogP) is 2.85. The summed E-state index contributed by atoms with van der Waals surface area (Å²) in [6.07, 6.45) is 3.40. The third-order valence-electron chi connectivity index (χ3n) is 4.82. The van der Waals surface area contributed by atoms with Gasteiger partial charge in [0.1, 0.15) is 0 Å². The summed E-state index contributed by atoms with van der Waals surface area (Å²) in [5, 5.41) is 3.50. The Morgan fingerprint density at radius 1 is 1.25 bits per heavy atom. The number of nitrogens with one attached hydrogen (secondary N) is 1. The Morgan fingerprint density at radius 3 is 2.30 bits per heavy atom. The van der Waals surface area contributed by atoms with E-state index in [-0.39, 0.29) is 11.2 Å². The molecule has 0 spiro atoms. The minimum atomic E-state index is -0.106. The van der Waals surface area contributed by atoms with Gasteiger partial charge in [0, 0.05) is 30.3 Å². The van der Waals surface area contributed by atoms with Gasteiger partial charge in [-0.25, -0.2) is 0 Å². The first kappa shape index (κ1) is 18.3. The molecule has 0 aromatic rings. The van der Waals surface area contributed by atoms with Gasteiger partial charge in [0.15, 0.2) is 0 Å². The van der Waals surface area contributed by atoms with Gasteiger partial charge in [-0.3, -0.25) is 0 Å². The van der Waals surface area contributed by atoms with Crippen molar-refractivity contribution in [2.75, 3.05) is 32.6 Å². The largest absolute Gasteiger partial charge is 0.368 e. The Labute approximate surface area is 130 Å². The molecular formula is C16H34N2OS. The second-order valence-corrected chi connectivity index (χ2v) is 8.05. The van der Waals surface area contributed by atoms with Crippen LogP contribution in [-0.4, -0.2) is 60.8 Å². The van der Waals surface area contributed by atoms with E-state index in [4.69, 9.17) is 4.74 Å². The van der Waals surface area contributed by atoms with Crippen LogP contribution in [0.3, 0.4) is 0 Å². The van der Waals surface area contributed by atoms with Crippen LogP contribution in [0.4, 0.5) is 0 Å². The zero-order valence-corrected chi connectivity index (χ0v) is 15.4. The molecule has 0 aliphatic carbocycles. The van der Waals surface area contributed by atoms with Gasteiger partial charge in [-0.2, -0.15) is 11.8 Å². The van der Waals surface area contributed by atoms with Gasteiger partial charge in [0.05, 0.1) is 11.2 Å². The third kappa shape index (κ3) is 3.90. The molecule has 0 bridgehead atoms. The van der Waals surface area contributed by atoms with Gasteiger partial charge in [0.25, 0.3) is 0 Å². The summed E-state index contributed by atoms with van der Waals surface area (Å²) in [7, 11) is 4.32. The number of ether oxygens (including phenoxy) is 1. The van der Waals surface area contributed by atoms with Crippen molar-refractivity contribution >= 4 is 11.8 Å². The van der Waals surface area contributed by atoms with Crippen LogP contribution in [0.2, 0.25) is 0 Å². The summed E-state index contributed by atoms with van der Waals surface area (Å²) in [6.45, 7) is 12.2. The Hall–Kier alpha value is 0.230. The van der Waals surface area contributed by atoms with Crippen LogP contribution in [0.15, 0.2) is 0 Å². The lowest BCUT2D eigenvalue weighted by atomic mass is 9.82. The van der Waals surface area contributed by atoms with E-state index in [0.29, 0.717) is 18.0 Å². The van der Waals surface area contributed by atoms with Crippen LogP contribution in [-0.2, 0) is 4.74 Å². The first-order chi connectivity index (χ1) is 9.19. The van der Waals surface area contributed by atoms with Crippen molar-refractivity contribution in [1.82, 2.24) is 10.2 Å². The summed E-state index contributed by atoms with van der Waals surface area (Å²) in [5.74, 6) is 1.71. The standard InChI is InChI=1S/C16H34N2OS/c1-9-12(11-20-8)18(7)10-13-14(17-6)16(4,5)19-15(13,2)3/h12-14,17H,9-11H2,1-8H3. The van der Waals surface area contributed by atoms with Crippen molar-refractivity contribution in [3.63, 3.8) is 0 Å². The first-order valence-electron chi connectivity index (χ1n) is 7.76. The molecule has 1 aliphatic rings. The van der Waals surface area contributed by atoms with Crippen molar-refractivity contribution in [2.45, 2.75) is 64.3 Å². The highest BCUT2D eigenvalue weighted by atomic mass is 32.2. The highest BCUT2D eigenvalue weighted by molar-refractivity contribution is 7.98. The fraction of sp³-hybridized carbons (Fsp3) is 1.00. The van der Waals surface area contributed by atoms with Crippen LogP contribution in [0.25, 0.3) is 0 Å². The molecular weight excluding hydrogens is 268 g/mol. The van der Waals surface area contributed by atoms with Crippen molar-refractivity contribution in [1.29, 1.82) is 0 Å². The fourth-order valence-electron chi connectivity index (χ4n) is 3.79. The Kier molecular flexibility index (Phi) is 6.39. The van der Waals surface area contributed by atoms with Gasteiger partial charge in [-0.15, -0.1) is 0 Å². The Morgan fingerprint density at radius 2 is 1.85 bits per heavy atom. The first-order valence-corrected chi connectivity index (χ1v) is 9.15. The van der Waals surface area contributed by atoms with E-state index < -0.39 is 0 Å². The maximum Gasteiger partial charge on any atom is 0.0790 e. The molecule has 3 nitrogen and oxygen atoms in total. The molecule has 3 atom stereocenters. The minimum absolute atomic E-state index is 0.0803.